The number of nitrogens with one attached hydrogen (secondary N) is 1. The summed E-state index contributed by atoms with van der Waals surface area (Å²) in [4.78, 5) is 11.9. The summed E-state index contributed by atoms with van der Waals surface area (Å²) in [5.74, 6) is -1.75. The molecule has 0 radical (unpaired) electrons. The topological polar surface area (TPSA) is 75.3 Å². The van der Waals surface area contributed by atoms with Crippen molar-refractivity contribution in [3.63, 3.8) is 0 Å². The minimum Gasteiger partial charge on any atom is -0.508 e. The number of hydrogen-bond acceptors (Lipinski definition) is 3. The standard InChI is InChI=1S/C13H10ClFN2O2/c14-7-1-4-11(16)12(5-7)17-13(19)9-3-2-8(18)6-10(9)15/h1-6,18H,16H2,(H,17,19). The summed E-state index contributed by atoms with van der Waals surface area (Å²) in [7, 11) is 0. The molecule has 0 aromatic heterocycles. The number of carbonyl (C=O) groups excluding carboxylic acids is 1. The van der Waals surface area contributed by atoms with Gasteiger partial charge in [-0.2, -0.15) is 0 Å². The Labute approximate surface area is 113 Å². The SMILES string of the molecule is Nc1ccc(Cl)cc1NC(=O)c1ccc(O)cc1F. The Kier molecular flexibility index (Phi) is 3.57. The molecule has 2 aromatic rings. The lowest BCUT2D eigenvalue weighted by Gasteiger charge is -2.09. The number of aromatic hydroxyl groups is 1. The molecule has 2 aromatic carbocycles. The minimum absolute atomic E-state index is 0.197. The number of nitrogens with two attached hydrogens (primary N) is 1. The molecule has 6 heteroatoms. The summed E-state index contributed by atoms with van der Waals surface area (Å²) < 4.78 is 13.5. The molecule has 0 spiro atoms. The summed E-state index contributed by atoms with van der Waals surface area (Å²) >= 11 is 5.78. The molecule has 0 saturated heterocycles. The number of hydrogen-bond donors (Lipinski definition) is 3. The zero-order chi connectivity index (χ0) is 14.0. The van der Waals surface area contributed by atoms with Gasteiger partial charge in [0.15, 0.2) is 0 Å². The van der Waals surface area contributed by atoms with Gasteiger partial charge in [-0.15, -0.1) is 0 Å². The molecule has 1 amide bonds. The van der Waals surface area contributed by atoms with E-state index < -0.39 is 11.7 Å². The van der Waals surface area contributed by atoms with Gasteiger partial charge in [-0.1, -0.05) is 11.6 Å². The number of halogens is 2. The van der Waals surface area contributed by atoms with E-state index in [1.807, 2.05) is 0 Å². The third kappa shape index (κ3) is 2.95. The highest BCUT2D eigenvalue weighted by Gasteiger charge is 2.13. The second-order valence-electron chi connectivity index (χ2n) is 3.85. The molecule has 4 N–H and O–H groups in total. The second-order valence-corrected chi connectivity index (χ2v) is 4.29. The van der Waals surface area contributed by atoms with Gasteiger partial charge in [0.25, 0.3) is 5.91 Å². The summed E-state index contributed by atoms with van der Waals surface area (Å²) in [6, 6.07) is 7.84. The maximum Gasteiger partial charge on any atom is 0.258 e. The Hall–Kier alpha value is -2.27. The van der Waals surface area contributed by atoms with Gasteiger partial charge in [0.05, 0.1) is 16.9 Å². The highest BCUT2D eigenvalue weighted by atomic mass is 35.5. The van der Waals surface area contributed by atoms with Crippen molar-refractivity contribution < 1.29 is 14.3 Å². The van der Waals surface area contributed by atoms with Gasteiger partial charge < -0.3 is 16.2 Å². The highest BCUT2D eigenvalue weighted by Crippen LogP contribution is 2.24. The molecule has 0 aliphatic heterocycles. The predicted molar refractivity (Wildman–Crippen MR) is 71.9 cm³/mol. The van der Waals surface area contributed by atoms with Gasteiger partial charge in [0.2, 0.25) is 0 Å². The molecular weight excluding hydrogens is 271 g/mol. The summed E-state index contributed by atoms with van der Waals surface area (Å²) in [6.45, 7) is 0. The zero-order valence-electron chi connectivity index (χ0n) is 9.65. The van der Waals surface area contributed by atoms with E-state index >= 15 is 0 Å². The molecule has 2 rings (SSSR count). The Bertz CT molecular complexity index is 647. The van der Waals surface area contributed by atoms with Crippen molar-refractivity contribution in [3.8, 4) is 5.75 Å². The van der Waals surface area contributed by atoms with E-state index in [2.05, 4.69) is 5.32 Å². The minimum atomic E-state index is -0.821. The second kappa shape index (κ2) is 5.16. The Morgan fingerprint density at radius 3 is 2.68 bits per heavy atom. The first kappa shape index (κ1) is 13.2. The molecule has 98 valence electrons. The maximum atomic E-state index is 13.5. The molecule has 0 unspecified atom stereocenters. The number of rotatable bonds is 2. The van der Waals surface area contributed by atoms with E-state index in [0.717, 1.165) is 6.07 Å². The van der Waals surface area contributed by atoms with Crippen LogP contribution >= 0.6 is 11.6 Å². The zero-order valence-corrected chi connectivity index (χ0v) is 10.4. The maximum absolute atomic E-state index is 13.5. The van der Waals surface area contributed by atoms with Crippen LogP contribution in [0.3, 0.4) is 0 Å². The smallest absolute Gasteiger partial charge is 0.258 e. The van der Waals surface area contributed by atoms with Crippen LogP contribution in [0.5, 0.6) is 5.75 Å². The average Bonchev–Trinajstić information content (AvgIpc) is 2.33. The van der Waals surface area contributed by atoms with Crippen LogP contribution in [0, 0.1) is 5.82 Å². The lowest BCUT2D eigenvalue weighted by molar-refractivity contribution is 0.102. The lowest BCUT2D eigenvalue weighted by atomic mass is 10.1. The average molecular weight is 281 g/mol. The van der Waals surface area contributed by atoms with Crippen molar-refractivity contribution in [2.24, 2.45) is 0 Å². The molecule has 0 fully saturated rings. The number of anilines is 2. The number of nitrogen functional groups attached to an aromatic ring is 1. The van der Waals surface area contributed by atoms with Crippen LogP contribution in [0.4, 0.5) is 15.8 Å². The van der Waals surface area contributed by atoms with E-state index in [1.54, 1.807) is 6.07 Å². The van der Waals surface area contributed by atoms with Crippen LogP contribution in [0.25, 0.3) is 0 Å². The van der Waals surface area contributed by atoms with Crippen molar-refractivity contribution in [2.45, 2.75) is 0 Å². The van der Waals surface area contributed by atoms with E-state index in [4.69, 9.17) is 22.4 Å². The molecule has 0 heterocycles. The van der Waals surface area contributed by atoms with Crippen molar-refractivity contribution >= 4 is 28.9 Å². The first-order valence-corrected chi connectivity index (χ1v) is 5.70. The number of phenolic OH excluding ortho intramolecular Hbond substituents is 1. The molecule has 0 saturated carbocycles. The molecule has 19 heavy (non-hydrogen) atoms. The largest absolute Gasteiger partial charge is 0.508 e. The third-order valence-corrected chi connectivity index (χ3v) is 2.70. The van der Waals surface area contributed by atoms with Gasteiger partial charge in [-0.25, -0.2) is 4.39 Å². The number of benzene rings is 2. The first-order valence-electron chi connectivity index (χ1n) is 5.32. The van der Waals surface area contributed by atoms with Crippen LogP contribution in [0.1, 0.15) is 10.4 Å². The summed E-state index contributed by atoms with van der Waals surface area (Å²) in [6.07, 6.45) is 0. The fourth-order valence-electron chi connectivity index (χ4n) is 1.51. The van der Waals surface area contributed by atoms with Crippen LogP contribution in [-0.2, 0) is 0 Å². The van der Waals surface area contributed by atoms with Gasteiger partial charge in [-0.05, 0) is 30.3 Å². The van der Waals surface area contributed by atoms with Gasteiger partial charge in [0, 0.05) is 11.1 Å². The first-order chi connectivity index (χ1) is 8.97. The van der Waals surface area contributed by atoms with Crippen LogP contribution in [-0.4, -0.2) is 11.0 Å². The third-order valence-electron chi connectivity index (χ3n) is 2.46. The molecule has 0 bridgehead atoms. The summed E-state index contributed by atoms with van der Waals surface area (Å²) in [5, 5.41) is 11.9. The Balaban J connectivity index is 2.28. The van der Waals surface area contributed by atoms with Crippen molar-refractivity contribution in [1.82, 2.24) is 0 Å². The van der Waals surface area contributed by atoms with Crippen LogP contribution in [0.2, 0.25) is 5.02 Å². The summed E-state index contributed by atoms with van der Waals surface area (Å²) in [5.41, 5.74) is 6.09. The van der Waals surface area contributed by atoms with Crippen molar-refractivity contribution in [3.05, 3.63) is 52.8 Å². The highest BCUT2D eigenvalue weighted by molar-refractivity contribution is 6.31. The van der Waals surface area contributed by atoms with Crippen molar-refractivity contribution in [2.75, 3.05) is 11.1 Å². The number of phenols is 1. The van der Waals surface area contributed by atoms with Gasteiger partial charge in [0.1, 0.15) is 11.6 Å². The Morgan fingerprint density at radius 1 is 1.26 bits per heavy atom. The van der Waals surface area contributed by atoms with E-state index in [9.17, 15) is 9.18 Å². The molecule has 0 atom stereocenters. The fraction of sp³-hybridized carbons (Fsp3) is 0. The molecule has 4 nitrogen and oxygen atoms in total. The molecule has 0 aliphatic carbocycles. The number of carbonyl (C=O) groups is 1. The fourth-order valence-corrected chi connectivity index (χ4v) is 1.69. The number of amides is 1. The Morgan fingerprint density at radius 2 is 2.00 bits per heavy atom. The molecule has 0 aliphatic rings. The molecular formula is C13H10ClFN2O2. The van der Waals surface area contributed by atoms with E-state index in [-0.39, 0.29) is 11.3 Å². The van der Waals surface area contributed by atoms with Gasteiger partial charge >= 0.3 is 0 Å². The van der Waals surface area contributed by atoms with E-state index in [0.29, 0.717) is 16.4 Å². The monoisotopic (exact) mass is 280 g/mol. The van der Waals surface area contributed by atoms with Gasteiger partial charge in [-0.3, -0.25) is 4.79 Å². The van der Waals surface area contributed by atoms with Crippen LogP contribution in [0.15, 0.2) is 36.4 Å². The predicted octanol–water partition coefficient (Wildman–Crippen LogP) is 3.02. The van der Waals surface area contributed by atoms with E-state index in [1.165, 1.54) is 24.3 Å². The lowest BCUT2D eigenvalue weighted by Crippen LogP contribution is -2.14. The quantitative estimate of drug-likeness (QED) is 0.740. The van der Waals surface area contributed by atoms with Crippen LogP contribution < -0.4 is 11.1 Å². The van der Waals surface area contributed by atoms with Crippen molar-refractivity contribution in [1.29, 1.82) is 0 Å². The normalized spacial score (nSPS) is 10.2.